The first kappa shape index (κ1) is 18.4. The van der Waals surface area contributed by atoms with Gasteiger partial charge in [-0.05, 0) is 24.6 Å². The number of benzene rings is 1. The van der Waals surface area contributed by atoms with E-state index in [1.807, 2.05) is 29.2 Å². The summed E-state index contributed by atoms with van der Waals surface area (Å²) in [5.74, 6) is 2.19. The van der Waals surface area contributed by atoms with E-state index in [9.17, 15) is 9.59 Å². The summed E-state index contributed by atoms with van der Waals surface area (Å²) in [5, 5.41) is 0. The van der Waals surface area contributed by atoms with Gasteiger partial charge in [-0.3, -0.25) is 4.79 Å². The molecule has 0 radical (unpaired) electrons. The first-order valence-electron chi connectivity index (χ1n) is 8.04. The maximum absolute atomic E-state index is 12.2. The van der Waals surface area contributed by atoms with E-state index < -0.39 is 0 Å². The van der Waals surface area contributed by atoms with Crippen molar-refractivity contribution in [3.63, 3.8) is 0 Å². The van der Waals surface area contributed by atoms with Crippen LogP contribution in [0.15, 0.2) is 24.3 Å². The van der Waals surface area contributed by atoms with Gasteiger partial charge in [-0.25, -0.2) is 4.79 Å². The maximum Gasteiger partial charge on any atom is 0.409 e. The lowest BCUT2D eigenvalue weighted by atomic mass is 10.2. The van der Waals surface area contributed by atoms with Gasteiger partial charge >= 0.3 is 6.09 Å². The fraction of sp³-hybridized carbons (Fsp3) is 0.529. The summed E-state index contributed by atoms with van der Waals surface area (Å²) in [5.41, 5.74) is 1.17. The molecule has 2 rings (SSSR count). The number of hydrogen-bond donors (Lipinski definition) is 0. The summed E-state index contributed by atoms with van der Waals surface area (Å²) < 4.78 is 10.1. The van der Waals surface area contributed by atoms with Crippen LogP contribution in [-0.4, -0.2) is 67.4 Å². The van der Waals surface area contributed by atoms with Crippen LogP contribution in [-0.2, 0) is 15.3 Å². The minimum Gasteiger partial charge on any atom is -0.497 e. The number of ether oxygens (including phenoxy) is 2. The van der Waals surface area contributed by atoms with Gasteiger partial charge in [-0.2, -0.15) is 0 Å². The third-order valence-corrected chi connectivity index (χ3v) is 4.80. The summed E-state index contributed by atoms with van der Waals surface area (Å²) in [6, 6.07) is 7.86. The third kappa shape index (κ3) is 5.33. The Kier molecular flexibility index (Phi) is 7.24. The van der Waals surface area contributed by atoms with Crippen LogP contribution in [0.4, 0.5) is 4.79 Å². The van der Waals surface area contributed by atoms with E-state index in [1.54, 1.807) is 30.7 Å². The average Bonchev–Trinajstić information content (AvgIpc) is 2.62. The molecule has 132 valence electrons. The second-order valence-corrected chi connectivity index (χ2v) is 6.39. The number of piperazine rings is 1. The average molecular weight is 352 g/mol. The Morgan fingerprint density at radius 3 is 2.29 bits per heavy atom. The third-order valence-electron chi connectivity index (χ3n) is 3.81. The van der Waals surface area contributed by atoms with Crippen LogP contribution in [0.25, 0.3) is 0 Å². The van der Waals surface area contributed by atoms with Gasteiger partial charge in [0.1, 0.15) is 5.75 Å². The molecule has 1 saturated heterocycles. The molecular formula is C17H24N2O4S. The highest BCUT2D eigenvalue weighted by molar-refractivity contribution is 7.99. The molecule has 0 atom stereocenters. The van der Waals surface area contributed by atoms with Crippen molar-refractivity contribution in [1.29, 1.82) is 0 Å². The molecule has 0 N–H and O–H groups in total. The quantitative estimate of drug-likeness (QED) is 0.786. The molecule has 0 saturated carbocycles. The lowest BCUT2D eigenvalue weighted by Crippen LogP contribution is -2.51. The highest BCUT2D eigenvalue weighted by atomic mass is 32.2. The fourth-order valence-corrected chi connectivity index (χ4v) is 3.31. The van der Waals surface area contributed by atoms with E-state index in [-0.39, 0.29) is 12.0 Å². The predicted octanol–water partition coefficient (Wildman–Crippen LogP) is 2.23. The molecule has 0 spiro atoms. The zero-order chi connectivity index (χ0) is 17.4. The summed E-state index contributed by atoms with van der Waals surface area (Å²) in [6.07, 6.45) is -0.293. The molecule has 0 aliphatic carbocycles. The van der Waals surface area contributed by atoms with Gasteiger partial charge in [0.05, 0.1) is 19.5 Å². The van der Waals surface area contributed by atoms with Crippen molar-refractivity contribution < 1.29 is 19.1 Å². The number of nitrogens with zero attached hydrogens (tertiary/aromatic N) is 2. The molecule has 2 amide bonds. The Balaban J connectivity index is 1.68. The number of methoxy groups -OCH3 is 1. The van der Waals surface area contributed by atoms with Crippen molar-refractivity contribution in [3.05, 3.63) is 29.8 Å². The molecule has 7 heteroatoms. The smallest absolute Gasteiger partial charge is 0.409 e. The van der Waals surface area contributed by atoms with Gasteiger partial charge in [-0.15, -0.1) is 11.8 Å². The number of amides is 2. The first-order chi connectivity index (χ1) is 11.6. The minimum atomic E-state index is -0.293. The molecule has 24 heavy (non-hydrogen) atoms. The molecule has 0 unspecified atom stereocenters. The number of carbonyl (C=O) groups excluding carboxylic acids is 2. The van der Waals surface area contributed by atoms with Crippen LogP contribution in [0.1, 0.15) is 12.5 Å². The van der Waals surface area contributed by atoms with Crippen molar-refractivity contribution in [1.82, 2.24) is 9.80 Å². The van der Waals surface area contributed by atoms with Crippen molar-refractivity contribution in [2.45, 2.75) is 12.7 Å². The summed E-state index contributed by atoms with van der Waals surface area (Å²) >= 11 is 1.60. The zero-order valence-corrected chi connectivity index (χ0v) is 15.0. The van der Waals surface area contributed by atoms with Gasteiger partial charge < -0.3 is 19.3 Å². The molecule has 1 fully saturated rings. The van der Waals surface area contributed by atoms with Gasteiger partial charge in [0.2, 0.25) is 5.91 Å². The van der Waals surface area contributed by atoms with E-state index >= 15 is 0 Å². The van der Waals surface area contributed by atoms with Gasteiger partial charge in [0, 0.05) is 31.9 Å². The van der Waals surface area contributed by atoms with E-state index in [1.165, 1.54) is 5.56 Å². The van der Waals surface area contributed by atoms with Crippen molar-refractivity contribution in [2.75, 3.05) is 45.6 Å². The number of carbonyl (C=O) groups is 2. The van der Waals surface area contributed by atoms with Crippen LogP contribution < -0.4 is 4.74 Å². The molecule has 6 nitrogen and oxygen atoms in total. The van der Waals surface area contributed by atoms with E-state index in [2.05, 4.69) is 0 Å². The summed E-state index contributed by atoms with van der Waals surface area (Å²) in [7, 11) is 1.64. The van der Waals surface area contributed by atoms with E-state index in [0.717, 1.165) is 11.5 Å². The molecule has 0 aromatic heterocycles. The lowest BCUT2D eigenvalue weighted by molar-refractivity contribution is -0.129. The van der Waals surface area contributed by atoms with E-state index in [0.29, 0.717) is 38.5 Å². The summed E-state index contributed by atoms with van der Waals surface area (Å²) in [6.45, 7) is 4.38. The number of hydrogen-bond acceptors (Lipinski definition) is 5. The van der Waals surface area contributed by atoms with Crippen LogP contribution in [0.3, 0.4) is 0 Å². The van der Waals surface area contributed by atoms with Crippen molar-refractivity contribution >= 4 is 23.8 Å². The predicted molar refractivity (Wildman–Crippen MR) is 94.3 cm³/mol. The van der Waals surface area contributed by atoms with Crippen molar-refractivity contribution in [2.24, 2.45) is 0 Å². The topological polar surface area (TPSA) is 59.1 Å². The molecule has 1 aromatic rings. The van der Waals surface area contributed by atoms with Crippen LogP contribution in [0.2, 0.25) is 0 Å². The molecule has 0 bridgehead atoms. The van der Waals surface area contributed by atoms with Gasteiger partial charge in [0.25, 0.3) is 0 Å². The first-order valence-corrected chi connectivity index (χ1v) is 9.19. The molecule has 1 heterocycles. The normalized spacial score (nSPS) is 14.4. The van der Waals surface area contributed by atoms with E-state index in [4.69, 9.17) is 9.47 Å². The van der Waals surface area contributed by atoms with Crippen LogP contribution in [0.5, 0.6) is 5.75 Å². The molecular weight excluding hydrogens is 328 g/mol. The van der Waals surface area contributed by atoms with Gasteiger partial charge in [0.15, 0.2) is 0 Å². The van der Waals surface area contributed by atoms with Crippen molar-refractivity contribution in [3.8, 4) is 5.75 Å². The Labute approximate surface area is 147 Å². The highest BCUT2D eigenvalue weighted by Crippen LogP contribution is 2.17. The van der Waals surface area contributed by atoms with Crippen LogP contribution in [0, 0.1) is 0 Å². The Morgan fingerprint density at radius 2 is 1.71 bits per heavy atom. The second kappa shape index (κ2) is 9.42. The lowest BCUT2D eigenvalue weighted by Gasteiger charge is -2.34. The SMILES string of the molecule is CCOC(=O)N1CCN(C(=O)CSCc2ccc(OC)cc2)CC1. The molecule has 1 aromatic carbocycles. The molecule has 1 aliphatic heterocycles. The maximum atomic E-state index is 12.2. The van der Waals surface area contributed by atoms with Crippen LogP contribution >= 0.6 is 11.8 Å². The fourth-order valence-electron chi connectivity index (χ4n) is 2.42. The Hall–Kier alpha value is -1.89. The van der Waals surface area contributed by atoms with Gasteiger partial charge in [-0.1, -0.05) is 12.1 Å². The number of rotatable bonds is 6. The standard InChI is InChI=1S/C17H24N2O4S/c1-3-23-17(21)19-10-8-18(9-11-19)16(20)13-24-12-14-4-6-15(22-2)7-5-14/h4-7H,3,8-13H2,1-2H3. The highest BCUT2D eigenvalue weighted by Gasteiger charge is 2.24. The Bertz CT molecular complexity index is 542. The molecule has 1 aliphatic rings. The second-order valence-electron chi connectivity index (χ2n) is 5.41. The zero-order valence-electron chi connectivity index (χ0n) is 14.2. The Morgan fingerprint density at radius 1 is 1.08 bits per heavy atom. The summed E-state index contributed by atoms with van der Waals surface area (Å²) in [4.78, 5) is 27.3. The number of thioether (sulfide) groups is 1. The largest absolute Gasteiger partial charge is 0.497 e. The minimum absolute atomic E-state index is 0.122. The monoisotopic (exact) mass is 352 g/mol.